The zero-order chi connectivity index (χ0) is 16.9. The van der Waals surface area contributed by atoms with Crippen LogP contribution in [0.25, 0.3) is 5.65 Å². The van der Waals surface area contributed by atoms with Gasteiger partial charge in [0.1, 0.15) is 5.65 Å². The predicted octanol–water partition coefficient (Wildman–Crippen LogP) is 1.97. The van der Waals surface area contributed by atoms with Gasteiger partial charge < -0.3 is 15.0 Å². The summed E-state index contributed by atoms with van der Waals surface area (Å²) < 4.78 is 3.83. The van der Waals surface area contributed by atoms with Crippen LogP contribution in [-0.2, 0) is 13.1 Å². The van der Waals surface area contributed by atoms with E-state index in [1.807, 2.05) is 52.8 Å². The second kappa shape index (κ2) is 7.16. The highest BCUT2D eigenvalue weighted by Crippen LogP contribution is 2.07. The van der Waals surface area contributed by atoms with E-state index in [1.54, 1.807) is 6.20 Å². The van der Waals surface area contributed by atoms with Gasteiger partial charge in [0.15, 0.2) is 0 Å². The number of nitrogens with one attached hydrogen (secondary N) is 2. The lowest BCUT2D eigenvalue weighted by atomic mass is 10.2. The van der Waals surface area contributed by atoms with E-state index in [0.29, 0.717) is 19.0 Å². The number of rotatable bonds is 6. The third kappa shape index (κ3) is 4.13. The molecule has 2 N–H and O–H groups in total. The molecule has 2 amide bonds. The van der Waals surface area contributed by atoms with E-state index in [-0.39, 0.29) is 6.03 Å². The van der Waals surface area contributed by atoms with Crippen molar-refractivity contribution in [2.24, 2.45) is 5.92 Å². The number of hydrogen-bond acceptors (Lipinski definition) is 3. The lowest BCUT2D eigenvalue weighted by Crippen LogP contribution is -2.38. The van der Waals surface area contributed by atoms with Crippen LogP contribution in [0.1, 0.15) is 18.2 Å². The molecule has 126 valence electrons. The Morgan fingerprint density at radius 2 is 2.17 bits per heavy atom. The van der Waals surface area contributed by atoms with E-state index in [9.17, 15) is 4.79 Å². The Balaban J connectivity index is 1.44. The van der Waals surface area contributed by atoms with Gasteiger partial charge in [-0.1, -0.05) is 13.0 Å². The Morgan fingerprint density at radius 1 is 1.29 bits per heavy atom. The van der Waals surface area contributed by atoms with Crippen LogP contribution >= 0.6 is 0 Å². The van der Waals surface area contributed by atoms with E-state index in [2.05, 4.69) is 27.6 Å². The topological polar surface area (TPSA) is 76.2 Å². The maximum Gasteiger partial charge on any atom is 0.315 e. The van der Waals surface area contributed by atoms with Crippen LogP contribution in [0.5, 0.6) is 0 Å². The minimum Gasteiger partial charge on any atom is -0.338 e. The van der Waals surface area contributed by atoms with E-state index in [1.165, 1.54) is 5.56 Å². The normalized spacial score (nSPS) is 12.2. The summed E-state index contributed by atoms with van der Waals surface area (Å²) in [5.74, 6) is 0.300. The number of urea groups is 1. The summed E-state index contributed by atoms with van der Waals surface area (Å²) in [7, 11) is 0. The molecule has 7 heteroatoms. The largest absolute Gasteiger partial charge is 0.338 e. The summed E-state index contributed by atoms with van der Waals surface area (Å²) in [5, 5.41) is 9.89. The van der Waals surface area contributed by atoms with E-state index < -0.39 is 0 Å². The molecule has 3 rings (SSSR count). The van der Waals surface area contributed by atoms with Crippen molar-refractivity contribution in [2.45, 2.75) is 26.9 Å². The molecule has 1 atom stereocenters. The van der Waals surface area contributed by atoms with Crippen LogP contribution in [0.2, 0.25) is 0 Å². The molecule has 0 aliphatic rings. The molecule has 0 unspecified atom stereocenters. The average Bonchev–Trinajstić information content (AvgIpc) is 3.19. The number of nitrogens with zero attached hydrogens (tertiary/aromatic N) is 4. The standard InChI is InChI=1S/C17H22N6O/c1-13-4-5-16-21-15(12-22(16)10-13)9-19-17(24)18-8-14(2)11-23-7-3-6-20-23/h3-7,10,12,14H,8-9,11H2,1-2H3,(H2,18,19,24)/t14-/m1/s1. The molecule has 0 saturated heterocycles. The molecule has 0 fully saturated rings. The van der Waals surface area contributed by atoms with Crippen molar-refractivity contribution in [3.8, 4) is 0 Å². The third-order valence-electron chi connectivity index (χ3n) is 3.75. The molecule has 0 saturated carbocycles. The molecule has 0 aromatic carbocycles. The zero-order valence-corrected chi connectivity index (χ0v) is 13.9. The Morgan fingerprint density at radius 3 is 2.96 bits per heavy atom. The highest BCUT2D eigenvalue weighted by atomic mass is 16.2. The zero-order valence-electron chi connectivity index (χ0n) is 13.9. The van der Waals surface area contributed by atoms with Gasteiger partial charge in [0.05, 0.1) is 12.2 Å². The summed E-state index contributed by atoms with van der Waals surface area (Å²) in [4.78, 5) is 16.4. The second-order valence-corrected chi connectivity index (χ2v) is 6.10. The first kappa shape index (κ1) is 16.0. The Hall–Kier alpha value is -2.83. The maximum absolute atomic E-state index is 11.9. The number of imidazole rings is 1. The minimum atomic E-state index is -0.185. The number of carbonyl (C=O) groups excluding carboxylic acids is 1. The molecule has 0 bridgehead atoms. The molecular formula is C17H22N6O. The first-order chi connectivity index (χ1) is 11.6. The van der Waals surface area contributed by atoms with Crippen LogP contribution in [0.15, 0.2) is 43.0 Å². The number of fused-ring (bicyclic) bond motifs is 1. The van der Waals surface area contributed by atoms with Crippen molar-refractivity contribution in [3.05, 3.63) is 54.2 Å². The van der Waals surface area contributed by atoms with Gasteiger partial charge in [-0.3, -0.25) is 4.68 Å². The molecule has 7 nitrogen and oxygen atoms in total. The minimum absolute atomic E-state index is 0.185. The number of carbonyl (C=O) groups is 1. The van der Waals surface area contributed by atoms with Gasteiger partial charge in [0, 0.05) is 37.9 Å². The van der Waals surface area contributed by atoms with Gasteiger partial charge in [-0.25, -0.2) is 9.78 Å². The van der Waals surface area contributed by atoms with Crippen molar-refractivity contribution < 1.29 is 4.79 Å². The number of aromatic nitrogens is 4. The van der Waals surface area contributed by atoms with Crippen molar-refractivity contribution in [1.82, 2.24) is 29.8 Å². The molecule has 0 aliphatic carbocycles. The van der Waals surface area contributed by atoms with Gasteiger partial charge >= 0.3 is 6.03 Å². The fourth-order valence-corrected chi connectivity index (χ4v) is 2.53. The SMILES string of the molecule is Cc1ccc2nc(CNC(=O)NC[C@@H](C)Cn3cccn3)cn2c1. The average molecular weight is 326 g/mol. The summed E-state index contributed by atoms with van der Waals surface area (Å²) >= 11 is 0. The summed E-state index contributed by atoms with van der Waals surface area (Å²) in [5.41, 5.74) is 2.88. The van der Waals surface area contributed by atoms with Gasteiger partial charge in [0.25, 0.3) is 0 Å². The molecular weight excluding hydrogens is 304 g/mol. The Kier molecular flexibility index (Phi) is 4.79. The molecule has 0 spiro atoms. The maximum atomic E-state index is 11.9. The van der Waals surface area contributed by atoms with E-state index in [4.69, 9.17) is 0 Å². The number of aryl methyl sites for hydroxylation is 1. The van der Waals surface area contributed by atoms with E-state index in [0.717, 1.165) is 17.9 Å². The monoisotopic (exact) mass is 326 g/mol. The summed E-state index contributed by atoms with van der Waals surface area (Å²) in [6.07, 6.45) is 7.62. The Labute approximate surface area is 140 Å². The van der Waals surface area contributed by atoms with Crippen LogP contribution in [0.3, 0.4) is 0 Å². The molecule has 3 heterocycles. The van der Waals surface area contributed by atoms with Crippen LogP contribution in [0, 0.1) is 12.8 Å². The first-order valence-corrected chi connectivity index (χ1v) is 8.03. The van der Waals surface area contributed by atoms with Gasteiger partial charge in [-0.2, -0.15) is 5.10 Å². The second-order valence-electron chi connectivity index (χ2n) is 6.10. The van der Waals surface area contributed by atoms with Crippen LogP contribution in [0.4, 0.5) is 4.79 Å². The van der Waals surface area contributed by atoms with Crippen molar-refractivity contribution in [2.75, 3.05) is 6.54 Å². The molecule has 0 aliphatic heterocycles. The number of amides is 2. The van der Waals surface area contributed by atoms with Gasteiger partial charge in [0.2, 0.25) is 0 Å². The van der Waals surface area contributed by atoms with Crippen molar-refractivity contribution >= 4 is 11.7 Å². The smallest absolute Gasteiger partial charge is 0.315 e. The number of hydrogen-bond donors (Lipinski definition) is 2. The molecule has 0 radical (unpaired) electrons. The lowest BCUT2D eigenvalue weighted by Gasteiger charge is -2.13. The summed E-state index contributed by atoms with van der Waals surface area (Å²) in [6.45, 7) is 5.89. The molecule has 24 heavy (non-hydrogen) atoms. The van der Waals surface area contributed by atoms with Crippen molar-refractivity contribution in [1.29, 1.82) is 0 Å². The summed E-state index contributed by atoms with van der Waals surface area (Å²) in [6, 6.07) is 5.70. The highest BCUT2D eigenvalue weighted by Gasteiger charge is 2.07. The van der Waals surface area contributed by atoms with E-state index >= 15 is 0 Å². The van der Waals surface area contributed by atoms with Gasteiger partial charge in [-0.05, 0) is 30.5 Å². The van der Waals surface area contributed by atoms with Crippen LogP contribution < -0.4 is 10.6 Å². The molecule has 3 aromatic rings. The number of pyridine rings is 1. The molecule has 3 aromatic heterocycles. The Bertz CT molecular complexity index is 808. The fraction of sp³-hybridized carbons (Fsp3) is 0.353. The fourth-order valence-electron chi connectivity index (χ4n) is 2.53. The quantitative estimate of drug-likeness (QED) is 0.727. The highest BCUT2D eigenvalue weighted by molar-refractivity contribution is 5.73. The lowest BCUT2D eigenvalue weighted by molar-refractivity contribution is 0.238. The predicted molar refractivity (Wildman–Crippen MR) is 91.6 cm³/mol. The van der Waals surface area contributed by atoms with Crippen molar-refractivity contribution in [3.63, 3.8) is 0 Å². The van der Waals surface area contributed by atoms with Gasteiger partial charge in [-0.15, -0.1) is 0 Å². The first-order valence-electron chi connectivity index (χ1n) is 8.03. The van der Waals surface area contributed by atoms with Crippen LogP contribution in [-0.4, -0.2) is 31.7 Å². The third-order valence-corrected chi connectivity index (χ3v) is 3.75.